The minimum Gasteiger partial charge on any atom is -0.497 e. The third kappa shape index (κ3) is 3.11. The standard InChI is InChI=1S/C18H20N4O2/c1-23-15-2-3-16-13(9-15)8-14(21-16)11-22-6-7-24-18(12-22)17-10-19-4-5-20-17/h2-5,8-10,18,21H,6-7,11-12H2,1H3. The second kappa shape index (κ2) is 6.59. The minimum atomic E-state index is -0.0167. The highest BCUT2D eigenvalue weighted by Crippen LogP contribution is 2.24. The normalized spacial score (nSPS) is 18.8. The van der Waals surface area contributed by atoms with Gasteiger partial charge in [0.25, 0.3) is 0 Å². The Morgan fingerprint density at radius 3 is 3.12 bits per heavy atom. The Balaban J connectivity index is 1.48. The van der Waals surface area contributed by atoms with E-state index in [0.717, 1.165) is 36.6 Å². The van der Waals surface area contributed by atoms with Gasteiger partial charge in [-0.3, -0.25) is 14.9 Å². The lowest BCUT2D eigenvalue weighted by Gasteiger charge is -2.32. The second-order valence-electron chi connectivity index (χ2n) is 5.97. The molecule has 0 radical (unpaired) electrons. The van der Waals surface area contributed by atoms with Crippen molar-refractivity contribution in [2.24, 2.45) is 0 Å². The molecule has 0 aliphatic carbocycles. The average molecular weight is 324 g/mol. The summed E-state index contributed by atoms with van der Waals surface area (Å²) in [5, 5.41) is 1.17. The maximum atomic E-state index is 5.85. The fourth-order valence-corrected chi connectivity index (χ4v) is 3.13. The van der Waals surface area contributed by atoms with Crippen LogP contribution in [0.1, 0.15) is 17.5 Å². The molecule has 3 aromatic rings. The Bertz CT molecular complexity index is 818. The lowest BCUT2D eigenvalue weighted by Crippen LogP contribution is -2.38. The smallest absolute Gasteiger partial charge is 0.119 e. The predicted octanol–water partition coefficient (Wildman–Crippen LogP) is 2.54. The van der Waals surface area contributed by atoms with Gasteiger partial charge in [0, 0.05) is 48.6 Å². The highest BCUT2D eigenvalue weighted by atomic mass is 16.5. The number of methoxy groups -OCH3 is 1. The number of H-pyrrole nitrogens is 1. The van der Waals surface area contributed by atoms with Crippen molar-refractivity contribution in [1.82, 2.24) is 19.9 Å². The largest absolute Gasteiger partial charge is 0.497 e. The fourth-order valence-electron chi connectivity index (χ4n) is 3.13. The molecule has 0 bridgehead atoms. The van der Waals surface area contributed by atoms with Crippen LogP contribution in [0.4, 0.5) is 0 Å². The fraction of sp³-hybridized carbons (Fsp3) is 0.333. The summed E-state index contributed by atoms with van der Waals surface area (Å²) in [5.74, 6) is 0.877. The van der Waals surface area contributed by atoms with Gasteiger partial charge in [0.1, 0.15) is 11.9 Å². The summed E-state index contributed by atoms with van der Waals surface area (Å²) in [6.07, 6.45) is 5.16. The number of nitrogens with one attached hydrogen (secondary N) is 1. The first-order chi connectivity index (χ1) is 11.8. The number of aromatic amines is 1. The van der Waals surface area contributed by atoms with Crippen molar-refractivity contribution in [1.29, 1.82) is 0 Å². The van der Waals surface area contributed by atoms with Crippen molar-refractivity contribution < 1.29 is 9.47 Å². The molecule has 0 amide bonds. The molecule has 24 heavy (non-hydrogen) atoms. The van der Waals surface area contributed by atoms with Crippen LogP contribution in [0.15, 0.2) is 42.9 Å². The summed E-state index contributed by atoms with van der Waals surface area (Å²) in [5.41, 5.74) is 3.21. The van der Waals surface area contributed by atoms with Crippen LogP contribution in [0.25, 0.3) is 10.9 Å². The van der Waals surface area contributed by atoms with Gasteiger partial charge in [-0.25, -0.2) is 0 Å². The Labute approximate surface area is 140 Å². The SMILES string of the molecule is COc1ccc2[nH]c(CN3CCOC(c4cnccn4)C3)cc2c1. The summed E-state index contributed by atoms with van der Waals surface area (Å²) in [4.78, 5) is 14.4. The number of nitrogens with zero attached hydrogens (tertiary/aromatic N) is 3. The molecule has 1 atom stereocenters. The van der Waals surface area contributed by atoms with Gasteiger partial charge in [-0.15, -0.1) is 0 Å². The Morgan fingerprint density at radius 1 is 1.33 bits per heavy atom. The lowest BCUT2D eigenvalue weighted by atomic mass is 10.2. The topological polar surface area (TPSA) is 63.3 Å². The van der Waals surface area contributed by atoms with E-state index in [1.54, 1.807) is 25.7 Å². The van der Waals surface area contributed by atoms with E-state index >= 15 is 0 Å². The van der Waals surface area contributed by atoms with Crippen molar-refractivity contribution in [3.63, 3.8) is 0 Å². The summed E-state index contributed by atoms with van der Waals surface area (Å²) < 4.78 is 11.1. The van der Waals surface area contributed by atoms with Crippen LogP contribution < -0.4 is 4.74 Å². The van der Waals surface area contributed by atoms with Gasteiger partial charge in [-0.2, -0.15) is 0 Å². The summed E-state index contributed by atoms with van der Waals surface area (Å²) in [6, 6.07) is 8.27. The minimum absolute atomic E-state index is 0.0167. The third-order valence-electron chi connectivity index (χ3n) is 4.34. The van der Waals surface area contributed by atoms with E-state index in [2.05, 4.69) is 38.1 Å². The van der Waals surface area contributed by atoms with E-state index in [-0.39, 0.29) is 6.10 Å². The highest BCUT2D eigenvalue weighted by Gasteiger charge is 2.23. The molecule has 1 N–H and O–H groups in total. The van der Waals surface area contributed by atoms with Gasteiger partial charge in [-0.05, 0) is 24.3 Å². The molecular weight excluding hydrogens is 304 g/mol. The molecule has 1 fully saturated rings. The molecule has 0 spiro atoms. The van der Waals surface area contributed by atoms with Crippen molar-refractivity contribution in [2.75, 3.05) is 26.8 Å². The Kier molecular flexibility index (Phi) is 4.15. The number of rotatable bonds is 4. The van der Waals surface area contributed by atoms with Crippen LogP contribution in [-0.4, -0.2) is 46.7 Å². The van der Waals surface area contributed by atoms with E-state index in [1.165, 1.54) is 11.1 Å². The zero-order valence-corrected chi connectivity index (χ0v) is 13.6. The first-order valence-electron chi connectivity index (χ1n) is 8.07. The van der Waals surface area contributed by atoms with E-state index in [4.69, 9.17) is 9.47 Å². The quantitative estimate of drug-likeness (QED) is 0.799. The number of hydrogen-bond donors (Lipinski definition) is 1. The molecule has 1 aromatic carbocycles. The van der Waals surface area contributed by atoms with E-state index in [1.807, 2.05) is 6.07 Å². The van der Waals surface area contributed by atoms with Gasteiger partial charge < -0.3 is 14.5 Å². The second-order valence-corrected chi connectivity index (χ2v) is 5.97. The van der Waals surface area contributed by atoms with Crippen LogP contribution >= 0.6 is 0 Å². The summed E-state index contributed by atoms with van der Waals surface area (Å²) in [6.45, 7) is 3.29. The predicted molar refractivity (Wildman–Crippen MR) is 90.9 cm³/mol. The number of fused-ring (bicyclic) bond motifs is 1. The molecule has 6 nitrogen and oxygen atoms in total. The third-order valence-corrected chi connectivity index (χ3v) is 4.34. The van der Waals surface area contributed by atoms with E-state index in [0.29, 0.717) is 6.61 Å². The average Bonchev–Trinajstić information content (AvgIpc) is 3.04. The Morgan fingerprint density at radius 2 is 2.29 bits per heavy atom. The maximum Gasteiger partial charge on any atom is 0.119 e. The molecule has 3 heterocycles. The summed E-state index contributed by atoms with van der Waals surface area (Å²) in [7, 11) is 1.69. The van der Waals surface area contributed by atoms with Gasteiger partial charge in [0.2, 0.25) is 0 Å². The van der Waals surface area contributed by atoms with Crippen molar-refractivity contribution in [3.8, 4) is 5.75 Å². The molecular formula is C18H20N4O2. The van der Waals surface area contributed by atoms with E-state index < -0.39 is 0 Å². The molecule has 1 saturated heterocycles. The lowest BCUT2D eigenvalue weighted by molar-refractivity contribution is -0.0354. The first kappa shape index (κ1) is 15.1. The number of hydrogen-bond acceptors (Lipinski definition) is 5. The zero-order chi connectivity index (χ0) is 16.4. The van der Waals surface area contributed by atoms with Gasteiger partial charge in [-0.1, -0.05) is 0 Å². The number of benzene rings is 1. The first-order valence-corrected chi connectivity index (χ1v) is 8.07. The van der Waals surface area contributed by atoms with Crippen LogP contribution in [0, 0.1) is 0 Å². The molecule has 1 unspecified atom stereocenters. The van der Waals surface area contributed by atoms with Gasteiger partial charge >= 0.3 is 0 Å². The van der Waals surface area contributed by atoms with Crippen LogP contribution in [-0.2, 0) is 11.3 Å². The monoisotopic (exact) mass is 324 g/mol. The number of ether oxygens (including phenoxy) is 2. The molecule has 1 aliphatic heterocycles. The highest BCUT2D eigenvalue weighted by molar-refractivity contribution is 5.81. The number of morpholine rings is 1. The number of aromatic nitrogens is 3. The van der Waals surface area contributed by atoms with Gasteiger partial charge in [0.05, 0.1) is 25.6 Å². The van der Waals surface area contributed by atoms with Crippen LogP contribution in [0.5, 0.6) is 5.75 Å². The Hall–Kier alpha value is -2.44. The van der Waals surface area contributed by atoms with Crippen molar-refractivity contribution >= 4 is 10.9 Å². The van der Waals surface area contributed by atoms with E-state index in [9.17, 15) is 0 Å². The molecule has 1 aliphatic rings. The zero-order valence-electron chi connectivity index (χ0n) is 13.6. The molecule has 0 saturated carbocycles. The molecule has 2 aromatic heterocycles. The van der Waals surface area contributed by atoms with Crippen LogP contribution in [0.2, 0.25) is 0 Å². The van der Waals surface area contributed by atoms with Gasteiger partial charge in [0.15, 0.2) is 0 Å². The maximum absolute atomic E-state index is 5.85. The van der Waals surface area contributed by atoms with Crippen molar-refractivity contribution in [3.05, 3.63) is 54.2 Å². The van der Waals surface area contributed by atoms with Crippen LogP contribution in [0.3, 0.4) is 0 Å². The molecule has 6 heteroatoms. The summed E-state index contributed by atoms with van der Waals surface area (Å²) >= 11 is 0. The molecule has 124 valence electrons. The van der Waals surface area contributed by atoms with Crippen molar-refractivity contribution in [2.45, 2.75) is 12.6 Å². The molecule has 4 rings (SSSR count).